The minimum atomic E-state index is -1.04. The average Bonchev–Trinajstić information content (AvgIpc) is 3.18. The van der Waals surface area contributed by atoms with E-state index in [1.165, 1.54) is 6.08 Å². The number of rotatable bonds is 7. The molecule has 0 aromatic carbocycles. The number of hydrogen-bond acceptors (Lipinski definition) is 4. The molecule has 5 atom stereocenters. The molecule has 0 aromatic heterocycles. The van der Waals surface area contributed by atoms with Gasteiger partial charge in [0.05, 0.1) is 12.0 Å². The van der Waals surface area contributed by atoms with Crippen LogP contribution in [0.3, 0.4) is 0 Å². The van der Waals surface area contributed by atoms with E-state index in [-0.39, 0.29) is 40.4 Å². The van der Waals surface area contributed by atoms with Crippen LogP contribution in [0.2, 0.25) is 0 Å². The Bertz CT molecular complexity index is 728. The lowest BCUT2D eigenvalue weighted by Crippen LogP contribution is -2.24. The Morgan fingerprint density at radius 2 is 2.07 bits per heavy atom. The van der Waals surface area contributed by atoms with E-state index in [2.05, 4.69) is 5.92 Å². The first-order valence-corrected chi connectivity index (χ1v) is 10.4. The summed E-state index contributed by atoms with van der Waals surface area (Å²) in [6.45, 7) is 4.13. The zero-order valence-corrected chi connectivity index (χ0v) is 18.2. The fourth-order valence-corrected chi connectivity index (χ4v) is 4.45. The van der Waals surface area contributed by atoms with Crippen molar-refractivity contribution in [2.45, 2.75) is 51.7 Å². The summed E-state index contributed by atoms with van der Waals surface area (Å²) >= 11 is 17.9. The van der Waals surface area contributed by atoms with Crippen molar-refractivity contribution in [1.82, 2.24) is 0 Å². The van der Waals surface area contributed by atoms with Gasteiger partial charge in [-0.25, -0.2) is 0 Å². The molecule has 2 saturated carbocycles. The summed E-state index contributed by atoms with van der Waals surface area (Å²) in [6.07, 6.45) is 10.9. The van der Waals surface area contributed by atoms with Crippen LogP contribution in [-0.4, -0.2) is 24.8 Å². The van der Waals surface area contributed by atoms with E-state index >= 15 is 0 Å². The second kappa shape index (κ2) is 10.0. The van der Waals surface area contributed by atoms with Crippen LogP contribution in [0.25, 0.3) is 0 Å². The molecule has 0 heterocycles. The van der Waals surface area contributed by atoms with Gasteiger partial charge >= 0.3 is 5.97 Å². The van der Waals surface area contributed by atoms with Crippen molar-refractivity contribution in [3.8, 4) is 18.4 Å². The number of ether oxygens (including phenoxy) is 2. The standard InChI is InChI=1S/C21H24Cl3NO3/c1-4-8-27-14-7-5-6-13(9-14)17(22)10-15(12-25)28-20(26)19-16(11-18(23)24)21(19,2)3/h1,10-11,13-16,19H,5-9H2,2-3H3/b17-10-. The van der Waals surface area contributed by atoms with Crippen molar-refractivity contribution in [1.29, 1.82) is 5.26 Å². The van der Waals surface area contributed by atoms with E-state index in [1.54, 1.807) is 6.08 Å². The molecule has 2 rings (SSSR count). The van der Waals surface area contributed by atoms with Gasteiger partial charge in [-0.3, -0.25) is 4.79 Å². The van der Waals surface area contributed by atoms with Gasteiger partial charge in [0, 0.05) is 5.03 Å². The van der Waals surface area contributed by atoms with Crippen LogP contribution in [0.1, 0.15) is 39.5 Å². The number of esters is 1. The monoisotopic (exact) mass is 443 g/mol. The zero-order chi connectivity index (χ0) is 20.9. The first-order chi connectivity index (χ1) is 13.2. The number of nitrogens with zero attached hydrogens (tertiary/aromatic N) is 1. The van der Waals surface area contributed by atoms with E-state index in [1.807, 2.05) is 19.9 Å². The fourth-order valence-electron chi connectivity index (χ4n) is 3.86. The quantitative estimate of drug-likeness (QED) is 0.392. The van der Waals surface area contributed by atoms with Gasteiger partial charge in [-0.15, -0.1) is 6.42 Å². The van der Waals surface area contributed by atoms with E-state index in [9.17, 15) is 10.1 Å². The number of allylic oxidation sites excluding steroid dienone is 2. The van der Waals surface area contributed by atoms with Gasteiger partial charge in [0.1, 0.15) is 17.2 Å². The maximum atomic E-state index is 12.5. The minimum absolute atomic E-state index is 0.0557. The third kappa shape index (κ3) is 5.91. The van der Waals surface area contributed by atoms with Gasteiger partial charge in [0.2, 0.25) is 6.10 Å². The van der Waals surface area contributed by atoms with Gasteiger partial charge in [-0.05, 0) is 48.7 Å². The van der Waals surface area contributed by atoms with Gasteiger partial charge in [0.25, 0.3) is 0 Å². The lowest BCUT2D eigenvalue weighted by Gasteiger charge is -2.28. The highest BCUT2D eigenvalue weighted by molar-refractivity contribution is 6.55. The van der Waals surface area contributed by atoms with Crippen LogP contribution in [-0.2, 0) is 14.3 Å². The molecule has 0 radical (unpaired) electrons. The molecular weight excluding hydrogens is 421 g/mol. The summed E-state index contributed by atoms with van der Waals surface area (Å²) in [5.41, 5.74) is -0.315. The van der Waals surface area contributed by atoms with Crippen LogP contribution < -0.4 is 0 Å². The van der Waals surface area contributed by atoms with Crippen molar-refractivity contribution in [2.24, 2.45) is 23.2 Å². The second-order valence-corrected chi connectivity index (χ2v) is 9.26. The van der Waals surface area contributed by atoms with E-state index in [0.717, 1.165) is 25.7 Å². The molecule has 0 saturated heterocycles. The molecule has 4 nitrogen and oxygen atoms in total. The zero-order valence-electron chi connectivity index (χ0n) is 16.0. The summed E-state index contributed by atoms with van der Waals surface area (Å²) < 4.78 is 11.1. The van der Waals surface area contributed by atoms with Crippen molar-refractivity contribution >= 4 is 40.8 Å². The fraction of sp³-hybridized carbons (Fsp3) is 0.619. The first-order valence-electron chi connectivity index (χ1n) is 9.25. The Morgan fingerprint density at radius 1 is 1.36 bits per heavy atom. The maximum Gasteiger partial charge on any atom is 0.311 e. The number of carbonyl (C=O) groups is 1. The molecule has 0 aliphatic heterocycles. The highest BCUT2D eigenvalue weighted by Crippen LogP contribution is 2.60. The van der Waals surface area contributed by atoms with Crippen LogP contribution in [0, 0.1) is 46.8 Å². The Balaban J connectivity index is 1.98. The van der Waals surface area contributed by atoms with E-state index in [4.69, 9.17) is 50.7 Å². The predicted molar refractivity (Wildman–Crippen MR) is 111 cm³/mol. The summed E-state index contributed by atoms with van der Waals surface area (Å²) in [7, 11) is 0. The van der Waals surface area contributed by atoms with Gasteiger partial charge in [0.15, 0.2) is 0 Å². The Labute approximate surface area is 181 Å². The van der Waals surface area contributed by atoms with Crippen LogP contribution in [0.4, 0.5) is 0 Å². The first kappa shape index (κ1) is 23.1. The molecular formula is C21H24Cl3NO3. The van der Waals surface area contributed by atoms with Crippen LogP contribution in [0.5, 0.6) is 0 Å². The molecule has 2 aliphatic carbocycles. The number of halogens is 3. The van der Waals surface area contributed by atoms with E-state index in [0.29, 0.717) is 5.03 Å². The van der Waals surface area contributed by atoms with Gasteiger partial charge < -0.3 is 9.47 Å². The molecule has 2 fully saturated rings. The third-order valence-electron chi connectivity index (χ3n) is 5.57. The molecule has 0 aromatic rings. The second-order valence-electron chi connectivity index (χ2n) is 7.82. The summed E-state index contributed by atoms with van der Waals surface area (Å²) in [5.74, 6) is 1.58. The Hall–Kier alpha value is -1.17. The third-order valence-corrected chi connectivity index (χ3v) is 6.26. The Morgan fingerprint density at radius 3 is 2.68 bits per heavy atom. The number of hydrogen-bond donors (Lipinski definition) is 0. The maximum absolute atomic E-state index is 12.5. The summed E-state index contributed by atoms with van der Waals surface area (Å²) in [6, 6.07) is 1.98. The Kier molecular flexibility index (Phi) is 8.29. The molecule has 7 heteroatoms. The molecule has 5 unspecified atom stereocenters. The molecule has 28 heavy (non-hydrogen) atoms. The molecule has 2 aliphatic rings. The molecule has 152 valence electrons. The van der Waals surface area contributed by atoms with E-state index < -0.39 is 12.1 Å². The van der Waals surface area contributed by atoms with Crippen molar-refractivity contribution < 1.29 is 14.3 Å². The van der Waals surface area contributed by atoms with Gasteiger partial charge in [-0.2, -0.15) is 5.26 Å². The van der Waals surface area contributed by atoms with Gasteiger partial charge in [-0.1, -0.05) is 61.0 Å². The smallest absolute Gasteiger partial charge is 0.311 e. The lowest BCUT2D eigenvalue weighted by atomic mass is 9.86. The van der Waals surface area contributed by atoms with Crippen LogP contribution >= 0.6 is 34.8 Å². The number of terminal acetylenes is 1. The minimum Gasteiger partial charge on any atom is -0.442 e. The SMILES string of the molecule is C#CCOC1CCCC(/C(Cl)=C/C(C#N)OC(=O)C2C(C=C(Cl)Cl)C2(C)C)C1. The largest absolute Gasteiger partial charge is 0.442 e. The van der Waals surface area contributed by atoms with Crippen molar-refractivity contribution in [2.75, 3.05) is 6.61 Å². The highest BCUT2D eigenvalue weighted by atomic mass is 35.5. The highest BCUT2D eigenvalue weighted by Gasteiger charge is 2.61. The molecule has 0 spiro atoms. The summed E-state index contributed by atoms with van der Waals surface area (Å²) in [4.78, 5) is 12.5. The number of carbonyl (C=O) groups excluding carboxylic acids is 1. The molecule has 0 N–H and O–H groups in total. The van der Waals surface area contributed by atoms with Crippen molar-refractivity contribution in [3.05, 3.63) is 21.7 Å². The van der Waals surface area contributed by atoms with Crippen molar-refractivity contribution in [3.63, 3.8) is 0 Å². The topological polar surface area (TPSA) is 59.3 Å². The number of nitriles is 1. The normalized spacial score (nSPS) is 29.8. The lowest BCUT2D eigenvalue weighted by molar-refractivity contribution is -0.147. The molecule has 0 bridgehead atoms. The molecule has 0 amide bonds. The average molecular weight is 445 g/mol. The predicted octanol–water partition coefficient (Wildman–Crippen LogP) is 5.34. The summed E-state index contributed by atoms with van der Waals surface area (Å²) in [5, 5.41) is 9.92. The van der Waals surface area contributed by atoms with Crippen LogP contribution in [0.15, 0.2) is 21.7 Å².